The van der Waals surface area contributed by atoms with Gasteiger partial charge in [0, 0.05) is 43.6 Å². The third-order valence-electron chi connectivity index (χ3n) is 9.72. The summed E-state index contributed by atoms with van der Waals surface area (Å²) in [6.07, 6.45) is -2.68. The topological polar surface area (TPSA) is 189 Å². The summed E-state index contributed by atoms with van der Waals surface area (Å²) in [5, 5.41) is 11.0. The van der Waals surface area contributed by atoms with Crippen molar-refractivity contribution in [3.8, 4) is 28.1 Å². The first-order valence-electron chi connectivity index (χ1n) is 19.6. The minimum absolute atomic E-state index is 0.0196. The summed E-state index contributed by atoms with van der Waals surface area (Å²) in [5.41, 5.74) is 0.962. The molecule has 0 radical (unpaired) electrons. The number of rotatable bonds is 15. The number of benzene rings is 2. The first kappa shape index (κ1) is 46.2. The molecule has 0 spiro atoms. The molecule has 2 aromatic carbocycles. The fourth-order valence-electron chi connectivity index (χ4n) is 6.58. The predicted molar refractivity (Wildman–Crippen MR) is 223 cm³/mol. The Morgan fingerprint density at radius 2 is 1.69 bits per heavy atom. The number of ether oxygens (including phenoxy) is 3. The minimum atomic E-state index is -5.09. The number of amides is 4. The highest BCUT2D eigenvalue weighted by molar-refractivity contribution is 6.35. The first-order chi connectivity index (χ1) is 28.8. The smallest absolute Gasteiger partial charge is 0.453 e. The average Bonchev–Trinajstić information content (AvgIpc) is 3.86. The van der Waals surface area contributed by atoms with Crippen molar-refractivity contribution in [2.45, 2.75) is 72.5 Å². The van der Waals surface area contributed by atoms with E-state index in [1.165, 1.54) is 19.4 Å². The number of carbonyl (C=O) groups excluding carboxylic acids is 4. The van der Waals surface area contributed by atoms with E-state index in [9.17, 15) is 32.3 Å². The van der Waals surface area contributed by atoms with Gasteiger partial charge in [-0.1, -0.05) is 70.5 Å². The summed E-state index contributed by atoms with van der Waals surface area (Å²) < 4.78 is 56.2. The van der Waals surface area contributed by atoms with Gasteiger partial charge < -0.3 is 45.4 Å². The van der Waals surface area contributed by atoms with Crippen molar-refractivity contribution in [2.24, 2.45) is 11.3 Å². The second-order valence-electron chi connectivity index (χ2n) is 15.6. The maximum atomic E-state index is 13.8. The number of likely N-dealkylation sites (tertiary alicyclic amines) is 1. The van der Waals surface area contributed by atoms with Crippen LogP contribution in [0.3, 0.4) is 0 Å². The van der Waals surface area contributed by atoms with Crippen molar-refractivity contribution in [1.29, 1.82) is 0 Å². The summed E-state index contributed by atoms with van der Waals surface area (Å²) in [5.74, 6) is -1.14. The molecule has 1 aliphatic rings. The molecule has 3 atom stereocenters. The Hall–Kier alpha value is -5.88. The summed E-state index contributed by atoms with van der Waals surface area (Å²) in [7, 11) is 1.22. The van der Waals surface area contributed by atoms with Gasteiger partial charge in [0.2, 0.25) is 11.8 Å². The molecule has 4 aromatic rings. The molecule has 0 unspecified atom stereocenters. The number of nitrogens with one attached hydrogen (secondary N) is 5. The van der Waals surface area contributed by atoms with Gasteiger partial charge in [0.25, 0.3) is 5.91 Å². The number of aromatic amines is 1. The zero-order valence-electron chi connectivity index (χ0n) is 34.8. The quantitative estimate of drug-likeness (QED) is 0.0746. The van der Waals surface area contributed by atoms with E-state index < -0.39 is 41.6 Å². The lowest BCUT2D eigenvalue weighted by Crippen LogP contribution is -2.51. The van der Waals surface area contributed by atoms with Gasteiger partial charge in [-0.05, 0) is 48.2 Å². The second kappa shape index (κ2) is 19.7. The van der Waals surface area contributed by atoms with Gasteiger partial charge in [-0.25, -0.2) is 14.8 Å². The van der Waals surface area contributed by atoms with Crippen LogP contribution >= 0.6 is 11.6 Å². The molecule has 0 bridgehead atoms. The van der Waals surface area contributed by atoms with E-state index >= 15 is 0 Å². The Morgan fingerprint density at radius 3 is 2.30 bits per heavy atom. The molecule has 1 saturated heterocycles. The Morgan fingerprint density at radius 1 is 0.984 bits per heavy atom. The molecular weight excluding hydrogens is 821 g/mol. The van der Waals surface area contributed by atoms with Gasteiger partial charge in [0.15, 0.2) is 0 Å². The molecule has 5 N–H and O–H groups in total. The number of pyridine rings is 1. The van der Waals surface area contributed by atoms with Crippen LogP contribution in [0.5, 0.6) is 5.75 Å². The maximum Gasteiger partial charge on any atom is 0.573 e. The lowest BCUT2D eigenvalue weighted by molar-refractivity contribution is -0.274. The number of carbonyl (C=O) groups is 4. The van der Waals surface area contributed by atoms with Gasteiger partial charge in [-0.3, -0.25) is 14.4 Å². The number of alkyl halides is 3. The Kier molecular flexibility index (Phi) is 14.9. The highest BCUT2D eigenvalue weighted by Crippen LogP contribution is 2.39. The van der Waals surface area contributed by atoms with Crippen molar-refractivity contribution in [3.05, 3.63) is 77.3 Å². The average molecular weight is 871 g/mol. The summed E-state index contributed by atoms with van der Waals surface area (Å²) in [4.78, 5) is 64.9. The van der Waals surface area contributed by atoms with E-state index in [4.69, 9.17) is 21.1 Å². The monoisotopic (exact) mass is 870 g/mol. The highest BCUT2D eigenvalue weighted by atomic mass is 35.5. The van der Waals surface area contributed by atoms with Gasteiger partial charge in [0.1, 0.15) is 23.4 Å². The standard InChI is InChI=1S/C42H50ClF3N8O7/c1-8-60-27-17-32(54(22-27)38(56)35(23(2)3)53-40(58)59-7)36-50-21-31(52-36)25-11-9-24(10-12-25)28-18-30(43)29(19-33(28)61-42(44,45)46)37(55)51-26-13-14-34(49-20-26)47-15-16-48-39(57)41(4,5)6/h9-14,18-21,23,27,32,35H,8,15-17,22H2,1-7H3,(H,47,49)(H,48,57)(H,50,52)(H,51,55)(H,53,58)/t27-,32-,35-/m0/s1. The molecule has 2 aromatic heterocycles. The van der Waals surface area contributed by atoms with E-state index in [1.807, 2.05) is 41.5 Å². The Balaban J connectivity index is 1.32. The highest BCUT2D eigenvalue weighted by Gasteiger charge is 2.42. The second-order valence-corrected chi connectivity index (χ2v) is 16.0. The molecule has 19 heteroatoms. The summed E-state index contributed by atoms with van der Waals surface area (Å²) in [6.45, 7) is 12.4. The van der Waals surface area contributed by atoms with Gasteiger partial charge in [-0.15, -0.1) is 13.2 Å². The van der Waals surface area contributed by atoms with Crippen molar-refractivity contribution in [1.82, 2.24) is 30.5 Å². The molecule has 61 heavy (non-hydrogen) atoms. The van der Waals surface area contributed by atoms with E-state index in [0.717, 1.165) is 6.07 Å². The molecule has 0 saturated carbocycles. The van der Waals surface area contributed by atoms with Crippen LogP contribution in [0.1, 0.15) is 70.2 Å². The maximum absolute atomic E-state index is 13.8. The first-order valence-corrected chi connectivity index (χ1v) is 20.0. The van der Waals surface area contributed by atoms with Crippen molar-refractivity contribution < 1.29 is 46.6 Å². The van der Waals surface area contributed by atoms with Crippen molar-refractivity contribution in [2.75, 3.05) is 44.0 Å². The zero-order valence-corrected chi connectivity index (χ0v) is 35.6. The lowest BCUT2D eigenvalue weighted by Gasteiger charge is -2.29. The Bertz CT molecular complexity index is 2180. The largest absolute Gasteiger partial charge is 0.573 e. The molecule has 1 aliphatic heterocycles. The molecule has 4 amide bonds. The number of anilines is 2. The van der Waals surface area contributed by atoms with E-state index in [2.05, 4.69) is 41.0 Å². The number of hydrogen-bond acceptors (Lipinski definition) is 10. The summed E-state index contributed by atoms with van der Waals surface area (Å²) >= 11 is 6.52. The number of methoxy groups -OCH3 is 1. The number of imidazole rings is 1. The number of H-pyrrole nitrogens is 1. The fraction of sp³-hybridized carbons (Fsp3) is 0.429. The third-order valence-corrected chi connectivity index (χ3v) is 10.0. The van der Waals surface area contributed by atoms with Crippen LogP contribution in [0.25, 0.3) is 22.4 Å². The van der Waals surface area contributed by atoms with E-state index in [1.54, 1.807) is 47.5 Å². The SMILES string of the molecule is CCO[C@H]1C[C@@H](c2ncc(-c3ccc(-c4cc(Cl)c(C(=O)Nc5ccc(NCCNC(=O)C(C)(C)C)nc5)cc4OC(F)(F)F)cc3)[nH]2)N(C(=O)[C@@H](NC(=O)OC)C(C)C)C1. The van der Waals surface area contributed by atoms with Crippen LogP contribution in [0.15, 0.2) is 60.9 Å². The molecular formula is C42H50ClF3N8O7. The fourth-order valence-corrected chi connectivity index (χ4v) is 6.83. The molecule has 1 fully saturated rings. The van der Waals surface area contributed by atoms with Gasteiger partial charge in [0.05, 0.1) is 53.6 Å². The normalized spacial score (nSPS) is 15.9. The van der Waals surface area contributed by atoms with Gasteiger partial charge in [-0.2, -0.15) is 0 Å². The number of nitrogens with zero attached hydrogens (tertiary/aromatic N) is 3. The van der Waals surface area contributed by atoms with Crippen molar-refractivity contribution in [3.63, 3.8) is 0 Å². The summed E-state index contributed by atoms with van der Waals surface area (Å²) in [6, 6.07) is 10.4. The number of alkyl carbamates (subject to hydrolysis) is 1. The molecule has 0 aliphatic carbocycles. The van der Waals surface area contributed by atoms with Crippen LogP contribution in [-0.4, -0.2) is 95.5 Å². The van der Waals surface area contributed by atoms with Gasteiger partial charge >= 0.3 is 12.5 Å². The zero-order chi connectivity index (χ0) is 44.6. The van der Waals surface area contributed by atoms with Crippen molar-refractivity contribution >= 4 is 46.9 Å². The van der Waals surface area contributed by atoms with Crippen LogP contribution in [0.2, 0.25) is 5.02 Å². The van der Waals surface area contributed by atoms with Crippen LogP contribution < -0.4 is 26.0 Å². The molecule has 15 nitrogen and oxygen atoms in total. The number of aromatic nitrogens is 3. The molecule has 3 heterocycles. The van der Waals surface area contributed by atoms with Crippen LogP contribution in [-0.2, 0) is 19.1 Å². The molecule has 328 valence electrons. The van der Waals surface area contributed by atoms with E-state index in [0.29, 0.717) is 54.6 Å². The minimum Gasteiger partial charge on any atom is -0.453 e. The number of hydrogen-bond donors (Lipinski definition) is 5. The predicted octanol–water partition coefficient (Wildman–Crippen LogP) is 7.58. The van der Waals surface area contributed by atoms with Crippen LogP contribution in [0, 0.1) is 11.3 Å². The number of halogens is 4. The third kappa shape index (κ3) is 12.1. The molecule has 5 rings (SSSR count). The lowest BCUT2D eigenvalue weighted by atomic mass is 9.96. The van der Waals surface area contributed by atoms with E-state index in [-0.39, 0.29) is 52.2 Å². The Labute approximate surface area is 356 Å². The van der Waals surface area contributed by atoms with Crippen LogP contribution in [0.4, 0.5) is 29.5 Å².